The first-order chi connectivity index (χ1) is 6.84. The molecule has 2 rings (SSSR count). The van der Waals surface area contributed by atoms with Gasteiger partial charge < -0.3 is 5.32 Å². The highest BCUT2D eigenvalue weighted by molar-refractivity contribution is 8.14. The van der Waals surface area contributed by atoms with Crippen LogP contribution >= 0.6 is 11.8 Å². The van der Waals surface area contributed by atoms with Crippen LogP contribution in [0.5, 0.6) is 0 Å². The molecule has 1 N–H and O–H groups in total. The van der Waals surface area contributed by atoms with Crippen molar-refractivity contribution < 1.29 is 4.79 Å². The molecule has 1 atom stereocenters. The van der Waals surface area contributed by atoms with Gasteiger partial charge >= 0.3 is 0 Å². The minimum Gasteiger partial charge on any atom is -0.309 e. The highest BCUT2D eigenvalue weighted by Gasteiger charge is 2.21. The summed E-state index contributed by atoms with van der Waals surface area (Å²) in [5, 5.41) is 3.70. The van der Waals surface area contributed by atoms with Gasteiger partial charge in [0.15, 0.2) is 5.12 Å². The quantitative estimate of drug-likeness (QED) is 0.819. The molecule has 74 valence electrons. The third kappa shape index (κ3) is 2.59. The average molecular weight is 207 g/mol. The molecule has 1 fully saturated rings. The van der Waals surface area contributed by atoms with Crippen molar-refractivity contribution >= 4 is 16.9 Å². The van der Waals surface area contributed by atoms with Crippen LogP contribution < -0.4 is 5.32 Å². The van der Waals surface area contributed by atoms with E-state index in [2.05, 4.69) is 17.4 Å². The summed E-state index contributed by atoms with van der Waals surface area (Å²) in [5.74, 6) is 0.922. The lowest BCUT2D eigenvalue weighted by Gasteiger charge is -2.09. The Morgan fingerprint density at radius 3 is 2.79 bits per heavy atom. The SMILES string of the molecule is O=C1C[C@@H](NCc2ccccc2)CS1. The largest absolute Gasteiger partial charge is 0.309 e. The van der Waals surface area contributed by atoms with E-state index in [1.54, 1.807) is 0 Å². The molecule has 1 heterocycles. The predicted molar refractivity (Wildman–Crippen MR) is 59.2 cm³/mol. The second kappa shape index (κ2) is 4.62. The Hall–Kier alpha value is -0.800. The van der Waals surface area contributed by atoms with Crippen molar-refractivity contribution in [3.8, 4) is 0 Å². The second-order valence-corrected chi connectivity index (χ2v) is 4.53. The molecule has 0 spiro atoms. The lowest BCUT2D eigenvalue weighted by Crippen LogP contribution is -2.28. The third-order valence-corrected chi connectivity index (χ3v) is 3.35. The molecule has 1 aliphatic heterocycles. The first kappa shape index (κ1) is 9.74. The second-order valence-electron chi connectivity index (χ2n) is 3.45. The summed E-state index contributed by atoms with van der Waals surface area (Å²) in [6.45, 7) is 0.860. The predicted octanol–water partition coefficient (Wildman–Crippen LogP) is 1.81. The highest BCUT2D eigenvalue weighted by atomic mass is 32.2. The number of carbonyl (C=O) groups excluding carboxylic acids is 1. The average Bonchev–Trinajstić information content (AvgIpc) is 2.63. The Balaban J connectivity index is 1.80. The van der Waals surface area contributed by atoms with Crippen molar-refractivity contribution in [2.75, 3.05) is 5.75 Å². The number of hydrogen-bond acceptors (Lipinski definition) is 3. The maximum absolute atomic E-state index is 11.0. The van der Waals surface area contributed by atoms with Crippen molar-refractivity contribution in [1.82, 2.24) is 5.32 Å². The van der Waals surface area contributed by atoms with Gasteiger partial charge in [0.2, 0.25) is 0 Å². The molecule has 1 saturated heterocycles. The number of hydrogen-bond donors (Lipinski definition) is 1. The van der Waals surface area contributed by atoms with Crippen LogP contribution in [0.2, 0.25) is 0 Å². The smallest absolute Gasteiger partial charge is 0.190 e. The van der Waals surface area contributed by atoms with Gasteiger partial charge in [-0.1, -0.05) is 42.1 Å². The molecule has 1 aliphatic rings. The summed E-state index contributed by atoms with van der Waals surface area (Å²) in [5.41, 5.74) is 1.27. The Bertz CT molecular complexity index is 312. The van der Waals surface area contributed by atoms with E-state index in [0.717, 1.165) is 12.3 Å². The number of thioether (sulfide) groups is 1. The van der Waals surface area contributed by atoms with Crippen molar-refractivity contribution in [2.45, 2.75) is 19.0 Å². The molecular weight excluding hydrogens is 194 g/mol. The van der Waals surface area contributed by atoms with Crippen LogP contribution in [-0.2, 0) is 11.3 Å². The molecular formula is C11H13NOS. The van der Waals surface area contributed by atoms with Crippen LogP contribution in [-0.4, -0.2) is 16.9 Å². The molecule has 3 heteroatoms. The van der Waals surface area contributed by atoms with Gasteiger partial charge in [-0.05, 0) is 5.56 Å². The molecule has 0 bridgehead atoms. The zero-order valence-corrected chi connectivity index (χ0v) is 8.72. The number of benzene rings is 1. The molecule has 2 nitrogen and oxygen atoms in total. The first-order valence-corrected chi connectivity index (χ1v) is 5.76. The summed E-state index contributed by atoms with van der Waals surface area (Å²) >= 11 is 1.44. The highest BCUT2D eigenvalue weighted by Crippen LogP contribution is 2.19. The topological polar surface area (TPSA) is 29.1 Å². The zero-order chi connectivity index (χ0) is 9.80. The number of carbonyl (C=O) groups is 1. The van der Waals surface area contributed by atoms with E-state index in [1.165, 1.54) is 17.3 Å². The number of nitrogens with one attached hydrogen (secondary N) is 1. The fourth-order valence-corrected chi connectivity index (χ4v) is 2.44. The molecule has 0 radical (unpaired) electrons. The lowest BCUT2D eigenvalue weighted by molar-refractivity contribution is -0.110. The van der Waals surface area contributed by atoms with Crippen LogP contribution in [0.25, 0.3) is 0 Å². The van der Waals surface area contributed by atoms with Gasteiger partial charge in [0.25, 0.3) is 0 Å². The fourth-order valence-electron chi connectivity index (χ4n) is 1.50. The molecule has 1 aromatic rings. The minimum atomic E-state index is 0.315. The number of rotatable bonds is 3. The standard InChI is InChI=1S/C11H13NOS/c13-11-6-10(8-14-11)12-7-9-4-2-1-3-5-9/h1-5,10,12H,6-8H2/t10-/m1/s1. The summed E-state index contributed by atoms with van der Waals surface area (Å²) < 4.78 is 0. The first-order valence-electron chi connectivity index (χ1n) is 4.77. The summed E-state index contributed by atoms with van der Waals surface area (Å²) in [6, 6.07) is 10.6. The van der Waals surface area contributed by atoms with Crippen LogP contribution in [0.15, 0.2) is 30.3 Å². The van der Waals surface area contributed by atoms with E-state index in [9.17, 15) is 4.79 Å². The van der Waals surface area contributed by atoms with Crippen molar-refractivity contribution in [3.05, 3.63) is 35.9 Å². The maximum Gasteiger partial charge on any atom is 0.190 e. The third-order valence-electron chi connectivity index (χ3n) is 2.30. The minimum absolute atomic E-state index is 0.315. The van der Waals surface area contributed by atoms with E-state index < -0.39 is 0 Å². The van der Waals surface area contributed by atoms with E-state index in [4.69, 9.17) is 0 Å². The van der Waals surface area contributed by atoms with Crippen LogP contribution in [0.4, 0.5) is 0 Å². The Labute approximate surface area is 88.1 Å². The molecule has 0 aliphatic carbocycles. The van der Waals surface area contributed by atoms with Crippen LogP contribution in [0, 0.1) is 0 Å². The van der Waals surface area contributed by atoms with Gasteiger partial charge in [0, 0.05) is 24.8 Å². The molecule has 0 saturated carbocycles. The van der Waals surface area contributed by atoms with E-state index in [-0.39, 0.29) is 0 Å². The Morgan fingerprint density at radius 2 is 2.14 bits per heavy atom. The monoisotopic (exact) mass is 207 g/mol. The molecule has 0 unspecified atom stereocenters. The van der Waals surface area contributed by atoms with E-state index >= 15 is 0 Å². The molecule has 14 heavy (non-hydrogen) atoms. The van der Waals surface area contributed by atoms with Gasteiger partial charge in [-0.2, -0.15) is 0 Å². The van der Waals surface area contributed by atoms with Gasteiger partial charge in [0.05, 0.1) is 0 Å². The molecule has 0 aromatic heterocycles. The normalized spacial score (nSPS) is 21.4. The Morgan fingerprint density at radius 1 is 1.36 bits per heavy atom. The molecule has 0 amide bonds. The van der Waals surface area contributed by atoms with Crippen molar-refractivity contribution in [2.24, 2.45) is 0 Å². The van der Waals surface area contributed by atoms with Crippen LogP contribution in [0.3, 0.4) is 0 Å². The lowest BCUT2D eigenvalue weighted by atomic mass is 10.2. The van der Waals surface area contributed by atoms with Crippen molar-refractivity contribution in [3.63, 3.8) is 0 Å². The summed E-state index contributed by atoms with van der Waals surface area (Å²) in [6.07, 6.45) is 0.678. The summed E-state index contributed by atoms with van der Waals surface area (Å²) in [4.78, 5) is 11.0. The van der Waals surface area contributed by atoms with Gasteiger partial charge in [-0.15, -0.1) is 0 Å². The van der Waals surface area contributed by atoms with Gasteiger partial charge in [-0.25, -0.2) is 0 Å². The van der Waals surface area contributed by atoms with Gasteiger partial charge in [-0.3, -0.25) is 4.79 Å². The zero-order valence-electron chi connectivity index (χ0n) is 7.90. The maximum atomic E-state index is 11.0. The molecule has 1 aromatic carbocycles. The van der Waals surface area contributed by atoms with Crippen LogP contribution in [0.1, 0.15) is 12.0 Å². The summed E-state index contributed by atoms with van der Waals surface area (Å²) in [7, 11) is 0. The van der Waals surface area contributed by atoms with Crippen molar-refractivity contribution in [1.29, 1.82) is 0 Å². The van der Waals surface area contributed by atoms with Gasteiger partial charge in [0.1, 0.15) is 0 Å². The van der Waals surface area contributed by atoms with E-state index in [1.807, 2.05) is 18.2 Å². The Kier molecular flexibility index (Phi) is 3.22. The van der Waals surface area contributed by atoms with E-state index in [0.29, 0.717) is 17.6 Å². The fraction of sp³-hybridized carbons (Fsp3) is 0.364.